The van der Waals surface area contributed by atoms with Crippen molar-refractivity contribution in [2.45, 2.75) is 24.3 Å². The van der Waals surface area contributed by atoms with Crippen LogP contribution in [0, 0.1) is 6.92 Å². The molecule has 2 aromatic heterocycles. The monoisotopic (exact) mass is 397 g/mol. The van der Waals surface area contributed by atoms with Gasteiger partial charge in [0.15, 0.2) is 5.65 Å². The summed E-state index contributed by atoms with van der Waals surface area (Å²) in [5, 5.41) is 13.0. The van der Waals surface area contributed by atoms with E-state index >= 15 is 0 Å². The third kappa shape index (κ3) is 3.61. The molecule has 8 heteroatoms. The second-order valence-electron chi connectivity index (χ2n) is 6.17. The lowest BCUT2D eigenvalue weighted by molar-refractivity contribution is -0.115. The van der Waals surface area contributed by atoms with Gasteiger partial charge in [0, 0.05) is 21.6 Å². The summed E-state index contributed by atoms with van der Waals surface area (Å²) in [5.41, 5.74) is 3.99. The maximum Gasteiger partial charge on any atom is 0.237 e. The molecule has 1 atom stereocenters. The first-order valence-electron chi connectivity index (χ1n) is 8.36. The van der Waals surface area contributed by atoms with Crippen LogP contribution in [-0.4, -0.2) is 31.3 Å². The Balaban J connectivity index is 1.53. The summed E-state index contributed by atoms with van der Waals surface area (Å²) in [6.45, 7) is 3.72. The van der Waals surface area contributed by atoms with Gasteiger partial charge in [-0.1, -0.05) is 47.6 Å². The Morgan fingerprint density at radius 3 is 2.89 bits per heavy atom. The number of fused-ring (bicyclic) bond motifs is 3. The predicted octanol–water partition coefficient (Wildman–Crippen LogP) is 4.59. The molecular formula is C19H16ClN5OS. The number of anilines is 1. The first kappa shape index (κ1) is 17.8. The number of aryl methyl sites for hydroxylation is 1. The van der Waals surface area contributed by atoms with Gasteiger partial charge in [0.2, 0.25) is 11.1 Å². The number of benzene rings is 2. The van der Waals surface area contributed by atoms with Crippen LogP contribution in [0.25, 0.3) is 22.1 Å². The van der Waals surface area contributed by atoms with Crippen molar-refractivity contribution in [3.05, 3.63) is 53.1 Å². The number of thioether (sulfide) groups is 1. The third-order valence-corrected chi connectivity index (χ3v) is 5.40. The average Bonchev–Trinajstić information content (AvgIpc) is 3.02. The zero-order chi connectivity index (χ0) is 19.0. The second-order valence-corrected chi connectivity index (χ2v) is 7.92. The van der Waals surface area contributed by atoms with Crippen LogP contribution in [0.4, 0.5) is 5.69 Å². The van der Waals surface area contributed by atoms with Gasteiger partial charge in [0.05, 0.1) is 5.25 Å². The van der Waals surface area contributed by atoms with E-state index in [2.05, 4.69) is 25.5 Å². The lowest BCUT2D eigenvalue weighted by Gasteiger charge is -2.12. The molecule has 0 aliphatic carbocycles. The number of carbonyl (C=O) groups excluding carboxylic acids is 1. The molecular weight excluding hydrogens is 382 g/mol. The van der Waals surface area contributed by atoms with Gasteiger partial charge in [-0.25, -0.2) is 4.98 Å². The van der Waals surface area contributed by atoms with Gasteiger partial charge in [-0.3, -0.25) is 4.79 Å². The van der Waals surface area contributed by atoms with E-state index in [1.165, 1.54) is 11.8 Å². The van der Waals surface area contributed by atoms with Gasteiger partial charge in [-0.05, 0) is 37.6 Å². The van der Waals surface area contributed by atoms with E-state index in [-0.39, 0.29) is 5.91 Å². The molecule has 1 amide bonds. The summed E-state index contributed by atoms with van der Waals surface area (Å²) in [4.78, 5) is 20.3. The highest BCUT2D eigenvalue weighted by atomic mass is 35.5. The summed E-state index contributed by atoms with van der Waals surface area (Å²) in [7, 11) is 0. The van der Waals surface area contributed by atoms with Crippen molar-refractivity contribution in [2.24, 2.45) is 0 Å². The van der Waals surface area contributed by atoms with Gasteiger partial charge in [0.1, 0.15) is 5.52 Å². The van der Waals surface area contributed by atoms with Crippen molar-refractivity contribution >= 4 is 57.0 Å². The molecule has 2 heterocycles. The van der Waals surface area contributed by atoms with Crippen LogP contribution in [0.5, 0.6) is 0 Å². The standard InChI is InChI=1S/C19H16ClN5OS/c1-10-7-8-12(20)9-15(10)22-18(26)11(2)27-19-23-17-16(24-25-19)13-5-3-4-6-14(13)21-17/h3-9,11H,1-2H3,(H,22,26)(H,21,23,25). The van der Waals surface area contributed by atoms with Crippen molar-refractivity contribution in [3.8, 4) is 0 Å². The summed E-state index contributed by atoms with van der Waals surface area (Å²) < 4.78 is 0. The molecule has 0 bridgehead atoms. The molecule has 0 saturated carbocycles. The van der Waals surface area contributed by atoms with Crippen molar-refractivity contribution in [1.82, 2.24) is 20.2 Å². The number of carbonyl (C=O) groups is 1. The number of hydrogen-bond donors (Lipinski definition) is 2. The summed E-state index contributed by atoms with van der Waals surface area (Å²) >= 11 is 7.27. The maximum atomic E-state index is 12.5. The molecule has 0 spiro atoms. The minimum Gasteiger partial charge on any atom is -0.338 e. The van der Waals surface area contributed by atoms with Crippen molar-refractivity contribution in [2.75, 3.05) is 5.32 Å². The first-order valence-corrected chi connectivity index (χ1v) is 9.62. The molecule has 136 valence electrons. The fraction of sp³-hybridized carbons (Fsp3) is 0.158. The van der Waals surface area contributed by atoms with Gasteiger partial charge in [-0.15, -0.1) is 10.2 Å². The highest BCUT2D eigenvalue weighted by Gasteiger charge is 2.18. The highest BCUT2D eigenvalue weighted by molar-refractivity contribution is 8.00. The number of amides is 1. The Kier molecular flexibility index (Phi) is 4.72. The highest BCUT2D eigenvalue weighted by Crippen LogP contribution is 2.26. The first-order chi connectivity index (χ1) is 13.0. The Hall–Kier alpha value is -2.64. The van der Waals surface area contributed by atoms with Gasteiger partial charge >= 0.3 is 0 Å². The summed E-state index contributed by atoms with van der Waals surface area (Å²) in [6, 6.07) is 13.2. The van der Waals surface area contributed by atoms with Gasteiger partial charge in [-0.2, -0.15) is 0 Å². The summed E-state index contributed by atoms with van der Waals surface area (Å²) in [6.07, 6.45) is 0. The minimum absolute atomic E-state index is 0.147. The molecule has 0 aliphatic rings. The zero-order valence-corrected chi connectivity index (χ0v) is 16.2. The maximum absolute atomic E-state index is 12.5. The number of aromatic amines is 1. The second kappa shape index (κ2) is 7.17. The van der Waals surface area contributed by atoms with E-state index in [4.69, 9.17) is 11.6 Å². The Morgan fingerprint density at radius 2 is 2.04 bits per heavy atom. The van der Waals surface area contributed by atoms with E-state index in [0.29, 0.717) is 21.5 Å². The van der Waals surface area contributed by atoms with Crippen molar-refractivity contribution in [3.63, 3.8) is 0 Å². The third-order valence-electron chi connectivity index (χ3n) is 4.21. The average molecular weight is 398 g/mol. The van der Waals surface area contributed by atoms with E-state index < -0.39 is 5.25 Å². The van der Waals surface area contributed by atoms with Crippen LogP contribution >= 0.6 is 23.4 Å². The molecule has 0 aliphatic heterocycles. The molecule has 1 unspecified atom stereocenters. The molecule has 0 radical (unpaired) electrons. The van der Waals surface area contributed by atoms with Gasteiger partial charge < -0.3 is 10.3 Å². The van der Waals surface area contributed by atoms with E-state index in [1.807, 2.05) is 37.3 Å². The molecule has 2 N–H and O–H groups in total. The smallest absolute Gasteiger partial charge is 0.237 e. The van der Waals surface area contributed by atoms with Crippen LogP contribution in [0.15, 0.2) is 47.6 Å². The Labute approximate surface area is 164 Å². The SMILES string of the molecule is Cc1ccc(Cl)cc1NC(=O)C(C)Sc1nnc2c(n1)[nH]c1ccccc12. The van der Waals surface area contributed by atoms with Crippen LogP contribution in [-0.2, 0) is 4.79 Å². The molecule has 2 aromatic carbocycles. The molecule has 0 fully saturated rings. The number of hydrogen-bond acceptors (Lipinski definition) is 5. The molecule has 0 saturated heterocycles. The molecule has 4 rings (SSSR count). The van der Waals surface area contributed by atoms with E-state index in [1.54, 1.807) is 19.1 Å². The number of nitrogens with zero attached hydrogens (tertiary/aromatic N) is 3. The number of aromatic nitrogens is 4. The Morgan fingerprint density at radius 1 is 1.22 bits per heavy atom. The van der Waals surface area contributed by atoms with Crippen molar-refractivity contribution in [1.29, 1.82) is 0 Å². The topological polar surface area (TPSA) is 83.6 Å². The zero-order valence-electron chi connectivity index (χ0n) is 14.7. The lowest BCUT2D eigenvalue weighted by Crippen LogP contribution is -2.23. The minimum atomic E-state index is -0.396. The number of para-hydroxylation sites is 1. The molecule has 27 heavy (non-hydrogen) atoms. The molecule has 6 nitrogen and oxygen atoms in total. The number of halogens is 1. The number of nitrogens with one attached hydrogen (secondary N) is 2. The molecule has 4 aromatic rings. The quantitative estimate of drug-likeness (QED) is 0.492. The van der Waals surface area contributed by atoms with Crippen LogP contribution in [0.2, 0.25) is 5.02 Å². The predicted molar refractivity (Wildman–Crippen MR) is 109 cm³/mol. The fourth-order valence-electron chi connectivity index (χ4n) is 2.73. The van der Waals surface area contributed by atoms with Gasteiger partial charge in [0.25, 0.3) is 0 Å². The van der Waals surface area contributed by atoms with E-state index in [0.717, 1.165) is 22.0 Å². The fourth-order valence-corrected chi connectivity index (χ4v) is 3.62. The largest absolute Gasteiger partial charge is 0.338 e. The summed E-state index contributed by atoms with van der Waals surface area (Å²) in [5.74, 6) is -0.147. The Bertz CT molecular complexity index is 1160. The normalized spacial score (nSPS) is 12.4. The number of rotatable bonds is 4. The lowest BCUT2D eigenvalue weighted by atomic mass is 10.2. The van der Waals surface area contributed by atoms with Crippen molar-refractivity contribution < 1.29 is 4.79 Å². The van der Waals surface area contributed by atoms with Crippen LogP contribution < -0.4 is 5.32 Å². The van der Waals surface area contributed by atoms with Crippen LogP contribution in [0.3, 0.4) is 0 Å². The van der Waals surface area contributed by atoms with Crippen LogP contribution in [0.1, 0.15) is 12.5 Å². The van der Waals surface area contributed by atoms with E-state index in [9.17, 15) is 4.79 Å². The number of H-pyrrole nitrogens is 1.